The van der Waals surface area contributed by atoms with Gasteiger partial charge in [-0.3, -0.25) is 24.6 Å². The third-order valence-corrected chi connectivity index (χ3v) is 10.0. The van der Waals surface area contributed by atoms with Gasteiger partial charge in [-0.05, 0) is 79.9 Å². The van der Waals surface area contributed by atoms with Gasteiger partial charge >= 0.3 is 0 Å². The summed E-state index contributed by atoms with van der Waals surface area (Å²) in [7, 11) is 1.57. The van der Waals surface area contributed by atoms with Crippen LogP contribution in [0.3, 0.4) is 0 Å². The van der Waals surface area contributed by atoms with Crippen LogP contribution in [0.1, 0.15) is 30.9 Å². The van der Waals surface area contributed by atoms with Gasteiger partial charge in [0.25, 0.3) is 5.91 Å². The van der Waals surface area contributed by atoms with E-state index in [1.165, 1.54) is 12.8 Å². The minimum Gasteiger partial charge on any atom is -0.368 e. The molecule has 1 unspecified atom stereocenters. The first kappa shape index (κ1) is 31.1. The first-order chi connectivity index (χ1) is 24.0. The Kier molecular flexibility index (Phi) is 8.26. The number of H-pyrrole nitrogens is 1. The normalized spacial score (nSPS) is 19.8. The molecule has 2 N–H and O–H groups in total. The highest BCUT2D eigenvalue weighted by molar-refractivity contribution is 6.01. The summed E-state index contributed by atoms with van der Waals surface area (Å²) in [5.41, 5.74) is 5.54. The zero-order chi connectivity index (χ0) is 33.4. The maximum Gasteiger partial charge on any atom is 0.258 e. The molecular weight excluding hydrogens is 618 g/mol. The molecule has 12 nitrogen and oxygen atoms in total. The summed E-state index contributed by atoms with van der Waals surface area (Å²) in [5, 5.41) is 11.7. The fourth-order valence-electron chi connectivity index (χ4n) is 6.97. The van der Waals surface area contributed by atoms with Crippen LogP contribution in [0.5, 0.6) is 0 Å². The average molecular weight is 658 g/mol. The monoisotopic (exact) mass is 657 g/mol. The minimum atomic E-state index is -1.05. The summed E-state index contributed by atoms with van der Waals surface area (Å²) in [6.45, 7) is 3.99. The van der Waals surface area contributed by atoms with Gasteiger partial charge in [-0.15, -0.1) is 0 Å². The molecule has 3 fully saturated rings. The van der Waals surface area contributed by atoms with Crippen molar-refractivity contribution in [3.63, 3.8) is 0 Å². The molecule has 1 atom stereocenters. The van der Waals surface area contributed by atoms with E-state index < -0.39 is 5.60 Å². The number of pyridine rings is 1. The first-order valence-corrected chi connectivity index (χ1v) is 16.9. The Labute approximate surface area is 284 Å². The van der Waals surface area contributed by atoms with Gasteiger partial charge < -0.3 is 19.9 Å². The van der Waals surface area contributed by atoms with Crippen LogP contribution in [-0.2, 0) is 14.3 Å². The number of ether oxygens (including phenoxy) is 1. The number of aromatic amines is 1. The number of hydrogen-bond acceptors (Lipinski definition) is 9. The van der Waals surface area contributed by atoms with Gasteiger partial charge in [0.2, 0.25) is 5.91 Å². The van der Waals surface area contributed by atoms with Crippen molar-refractivity contribution in [2.24, 2.45) is 0 Å². The van der Waals surface area contributed by atoms with Gasteiger partial charge in [0.05, 0.1) is 12.1 Å². The number of fused-ring (bicyclic) bond motifs is 1. The maximum atomic E-state index is 13.7. The number of likely N-dealkylation sites (tertiary alicyclic amines) is 1. The van der Waals surface area contributed by atoms with Crippen molar-refractivity contribution in [2.45, 2.75) is 30.8 Å². The Morgan fingerprint density at radius 2 is 1.71 bits per heavy atom. The van der Waals surface area contributed by atoms with E-state index >= 15 is 0 Å². The molecule has 3 aliphatic rings. The molecule has 1 saturated carbocycles. The SMILES string of the molecule is COC1(C(=O)Nc2ccc3[nH]nc(-c4ccnc(C5CC5)c4)c3c2)CCN(CC(=O)N2CCN(c3ccc(-c4ncccn4)cc3)CC2)C1. The van der Waals surface area contributed by atoms with Crippen LogP contribution in [0.15, 0.2) is 79.3 Å². The zero-order valence-electron chi connectivity index (χ0n) is 27.5. The number of carbonyl (C=O) groups is 2. The highest BCUT2D eigenvalue weighted by Gasteiger charge is 2.45. The van der Waals surface area contributed by atoms with Crippen LogP contribution >= 0.6 is 0 Å². The number of nitrogens with zero attached hydrogens (tertiary/aromatic N) is 7. The predicted octanol–water partition coefficient (Wildman–Crippen LogP) is 4.34. The van der Waals surface area contributed by atoms with Gasteiger partial charge in [0.1, 0.15) is 5.69 Å². The summed E-state index contributed by atoms with van der Waals surface area (Å²) in [4.78, 5) is 46.5. The fraction of sp³-hybridized carbons (Fsp3) is 0.351. The summed E-state index contributed by atoms with van der Waals surface area (Å²) in [6.07, 6.45) is 8.19. The van der Waals surface area contributed by atoms with Crippen molar-refractivity contribution in [1.29, 1.82) is 0 Å². The van der Waals surface area contributed by atoms with Crippen molar-refractivity contribution in [3.8, 4) is 22.6 Å². The molecule has 0 radical (unpaired) electrons. The Morgan fingerprint density at radius 3 is 2.47 bits per heavy atom. The van der Waals surface area contributed by atoms with Crippen molar-refractivity contribution in [2.75, 3.05) is 63.1 Å². The standard InChI is InChI=1S/C37H39N9O3/c1-49-37(36(48)41-28-7-10-31-30(22-28)34(43-42-31)27-11-15-38-32(21-27)25-3-4-25)12-16-44(24-37)23-33(47)46-19-17-45(18-20-46)29-8-5-26(6-9-29)35-39-13-2-14-40-35/h2,5-11,13-15,21-22,25H,3-4,12,16-20,23-24H2,1H3,(H,41,48)(H,42,43). The van der Waals surface area contributed by atoms with Crippen LogP contribution in [0.4, 0.5) is 11.4 Å². The molecule has 2 amide bonds. The van der Waals surface area contributed by atoms with Crippen molar-refractivity contribution >= 4 is 34.1 Å². The second-order valence-electron chi connectivity index (χ2n) is 13.2. The van der Waals surface area contributed by atoms with Gasteiger partial charge in [0, 0.05) is 104 Å². The lowest BCUT2D eigenvalue weighted by Crippen LogP contribution is -2.52. The molecule has 5 heterocycles. The number of benzene rings is 2. The number of carbonyl (C=O) groups excluding carboxylic acids is 2. The molecule has 12 heteroatoms. The van der Waals surface area contributed by atoms with Crippen LogP contribution in [0.25, 0.3) is 33.5 Å². The maximum absolute atomic E-state index is 13.7. The number of hydrogen-bond donors (Lipinski definition) is 2. The minimum absolute atomic E-state index is 0.0717. The van der Waals surface area contributed by atoms with Gasteiger partial charge in [0.15, 0.2) is 11.4 Å². The smallest absolute Gasteiger partial charge is 0.258 e. The lowest BCUT2D eigenvalue weighted by Gasteiger charge is -2.37. The van der Waals surface area contributed by atoms with E-state index in [-0.39, 0.29) is 18.4 Å². The molecule has 0 spiro atoms. The number of nitrogens with one attached hydrogen (secondary N) is 2. The second-order valence-corrected chi connectivity index (χ2v) is 13.2. The number of rotatable bonds is 9. The van der Waals surface area contributed by atoms with Gasteiger partial charge in [-0.2, -0.15) is 5.10 Å². The van der Waals surface area contributed by atoms with E-state index in [2.05, 4.69) is 53.6 Å². The van der Waals surface area contributed by atoms with Crippen LogP contribution in [-0.4, -0.2) is 105 Å². The predicted molar refractivity (Wildman–Crippen MR) is 187 cm³/mol. The molecule has 1 aliphatic carbocycles. The molecule has 3 aromatic heterocycles. The molecule has 250 valence electrons. The van der Waals surface area contributed by atoms with E-state index in [1.54, 1.807) is 25.6 Å². The number of aromatic nitrogens is 5. The third kappa shape index (κ3) is 6.36. The average Bonchev–Trinajstić information content (AvgIpc) is 3.79. The number of anilines is 2. The van der Waals surface area contributed by atoms with E-state index in [9.17, 15) is 9.59 Å². The third-order valence-electron chi connectivity index (χ3n) is 10.0. The Balaban J connectivity index is 0.868. The van der Waals surface area contributed by atoms with E-state index in [1.807, 2.05) is 52.4 Å². The highest BCUT2D eigenvalue weighted by atomic mass is 16.5. The Bertz CT molecular complexity index is 1970. The first-order valence-electron chi connectivity index (χ1n) is 16.9. The molecule has 8 rings (SSSR count). The highest BCUT2D eigenvalue weighted by Crippen LogP contribution is 2.40. The number of amides is 2. The Hall–Kier alpha value is -5.20. The molecule has 0 bridgehead atoms. The molecular formula is C37H39N9O3. The van der Waals surface area contributed by atoms with Crippen LogP contribution < -0.4 is 10.2 Å². The van der Waals surface area contributed by atoms with E-state index in [0.717, 1.165) is 52.2 Å². The largest absolute Gasteiger partial charge is 0.368 e. The Morgan fingerprint density at radius 1 is 0.918 bits per heavy atom. The van der Waals surface area contributed by atoms with Crippen molar-refractivity contribution in [1.82, 2.24) is 34.9 Å². The van der Waals surface area contributed by atoms with Crippen LogP contribution in [0.2, 0.25) is 0 Å². The molecule has 2 saturated heterocycles. The molecule has 5 aromatic rings. The zero-order valence-corrected chi connectivity index (χ0v) is 27.5. The molecule has 49 heavy (non-hydrogen) atoms. The van der Waals surface area contributed by atoms with Gasteiger partial charge in [-0.25, -0.2) is 9.97 Å². The molecule has 2 aromatic carbocycles. The summed E-state index contributed by atoms with van der Waals surface area (Å²) >= 11 is 0. The number of piperazine rings is 1. The summed E-state index contributed by atoms with van der Waals surface area (Å²) in [5.74, 6) is 1.10. The number of methoxy groups -OCH3 is 1. The lowest BCUT2D eigenvalue weighted by molar-refractivity contribution is -0.138. The topological polar surface area (TPSA) is 132 Å². The lowest BCUT2D eigenvalue weighted by atomic mass is 10.0. The van der Waals surface area contributed by atoms with Crippen molar-refractivity contribution < 1.29 is 14.3 Å². The summed E-state index contributed by atoms with van der Waals surface area (Å²) < 4.78 is 5.88. The second kappa shape index (κ2) is 13.0. The van der Waals surface area contributed by atoms with Crippen LogP contribution in [0, 0.1) is 0 Å². The van der Waals surface area contributed by atoms with Gasteiger partial charge in [-0.1, -0.05) is 0 Å². The quantitative estimate of drug-likeness (QED) is 0.238. The van der Waals surface area contributed by atoms with E-state index in [0.29, 0.717) is 50.0 Å². The summed E-state index contributed by atoms with van der Waals surface area (Å²) in [6, 6.07) is 19.9. The molecule has 2 aliphatic heterocycles. The van der Waals surface area contributed by atoms with Crippen molar-refractivity contribution in [3.05, 3.63) is 84.9 Å². The van der Waals surface area contributed by atoms with E-state index in [4.69, 9.17) is 4.74 Å². The fourth-order valence-corrected chi connectivity index (χ4v) is 6.97.